The first-order chi connectivity index (χ1) is 12.7. The Morgan fingerprint density at radius 1 is 1.15 bits per heavy atom. The molecule has 0 aliphatic carbocycles. The lowest BCUT2D eigenvalue weighted by atomic mass is 10.2. The van der Waals surface area contributed by atoms with Gasteiger partial charge in [-0.05, 0) is 50.8 Å². The maximum absolute atomic E-state index is 11.9. The quantitative estimate of drug-likeness (QED) is 0.494. The van der Waals surface area contributed by atoms with Gasteiger partial charge in [-0.15, -0.1) is 0 Å². The molecule has 0 fully saturated rings. The molecule has 26 heavy (non-hydrogen) atoms. The van der Waals surface area contributed by atoms with E-state index in [-0.39, 0.29) is 5.56 Å². The lowest BCUT2D eigenvalue weighted by molar-refractivity contribution is 0.586. The molecule has 0 unspecified atom stereocenters. The van der Waals surface area contributed by atoms with Gasteiger partial charge in [0.1, 0.15) is 0 Å². The van der Waals surface area contributed by atoms with Crippen molar-refractivity contribution in [3.63, 3.8) is 0 Å². The van der Waals surface area contributed by atoms with Gasteiger partial charge in [0.2, 0.25) is 0 Å². The van der Waals surface area contributed by atoms with Gasteiger partial charge in [0.05, 0.1) is 0 Å². The molecule has 0 radical (unpaired) electrons. The van der Waals surface area contributed by atoms with Crippen molar-refractivity contribution in [2.45, 2.75) is 39.7 Å². The van der Waals surface area contributed by atoms with Crippen LogP contribution >= 0.6 is 0 Å². The van der Waals surface area contributed by atoms with Crippen LogP contribution in [0.2, 0.25) is 0 Å². The highest BCUT2D eigenvalue weighted by Gasteiger charge is 2.22. The standard InChI is InChI=1S/C21H28N4O/c1-3-22-21(25-16-13-18-10-4-5-11-19(18)25)23-14-6-7-15-24-17(2)9-8-12-20(24)26/h4-5,8-12H,3,6-7,13-16H2,1-2H3,(H,22,23). The molecule has 5 heteroatoms. The van der Waals surface area contributed by atoms with Gasteiger partial charge in [-0.25, -0.2) is 0 Å². The van der Waals surface area contributed by atoms with E-state index in [4.69, 9.17) is 4.99 Å². The molecule has 0 spiro atoms. The number of pyridine rings is 1. The molecule has 1 aromatic heterocycles. The second kappa shape index (κ2) is 8.70. The molecule has 1 aliphatic heterocycles. The van der Waals surface area contributed by atoms with Crippen molar-refractivity contribution in [3.8, 4) is 0 Å². The Morgan fingerprint density at radius 2 is 2.00 bits per heavy atom. The Kier molecular flexibility index (Phi) is 6.10. The van der Waals surface area contributed by atoms with E-state index >= 15 is 0 Å². The average molecular weight is 352 g/mol. The molecule has 3 rings (SSSR count). The number of guanidine groups is 1. The van der Waals surface area contributed by atoms with Gasteiger partial charge in [0.15, 0.2) is 5.96 Å². The number of rotatable bonds is 6. The number of anilines is 1. The van der Waals surface area contributed by atoms with Crippen molar-refractivity contribution in [1.82, 2.24) is 9.88 Å². The molecule has 1 aromatic carbocycles. The van der Waals surface area contributed by atoms with Crippen LogP contribution in [-0.2, 0) is 13.0 Å². The lowest BCUT2D eigenvalue weighted by Gasteiger charge is -2.22. The molecule has 0 amide bonds. The van der Waals surface area contributed by atoms with E-state index in [9.17, 15) is 4.79 Å². The fourth-order valence-corrected chi connectivity index (χ4v) is 3.43. The van der Waals surface area contributed by atoms with E-state index in [1.165, 1.54) is 11.3 Å². The van der Waals surface area contributed by atoms with E-state index in [2.05, 4.69) is 41.4 Å². The molecule has 1 aliphatic rings. The summed E-state index contributed by atoms with van der Waals surface area (Å²) >= 11 is 0. The molecule has 0 atom stereocenters. The van der Waals surface area contributed by atoms with E-state index in [0.29, 0.717) is 0 Å². The average Bonchev–Trinajstić information content (AvgIpc) is 3.07. The van der Waals surface area contributed by atoms with Gasteiger partial charge in [-0.2, -0.15) is 0 Å². The molecular weight excluding hydrogens is 324 g/mol. The Bertz CT molecular complexity index is 825. The number of para-hydroxylation sites is 1. The fourth-order valence-electron chi connectivity index (χ4n) is 3.43. The minimum atomic E-state index is 0.0792. The van der Waals surface area contributed by atoms with Crippen molar-refractivity contribution in [1.29, 1.82) is 0 Å². The van der Waals surface area contributed by atoms with Crippen LogP contribution in [0.3, 0.4) is 0 Å². The molecule has 0 saturated carbocycles. The minimum Gasteiger partial charge on any atom is -0.356 e. The number of benzene rings is 1. The number of aromatic nitrogens is 1. The second-order valence-electron chi connectivity index (χ2n) is 6.63. The summed E-state index contributed by atoms with van der Waals surface area (Å²) in [6, 6.07) is 14.0. The van der Waals surface area contributed by atoms with Crippen molar-refractivity contribution in [2.75, 3.05) is 24.5 Å². The van der Waals surface area contributed by atoms with Crippen molar-refractivity contribution in [2.24, 2.45) is 4.99 Å². The summed E-state index contributed by atoms with van der Waals surface area (Å²) in [7, 11) is 0. The summed E-state index contributed by atoms with van der Waals surface area (Å²) in [4.78, 5) is 19.0. The molecule has 0 saturated heterocycles. The largest absolute Gasteiger partial charge is 0.356 e. The summed E-state index contributed by atoms with van der Waals surface area (Å²) in [6.45, 7) is 7.43. The van der Waals surface area contributed by atoms with Crippen LogP contribution in [0, 0.1) is 6.92 Å². The van der Waals surface area contributed by atoms with E-state index in [0.717, 1.165) is 57.1 Å². The van der Waals surface area contributed by atoms with Crippen LogP contribution < -0.4 is 15.8 Å². The van der Waals surface area contributed by atoms with E-state index in [1.54, 1.807) is 6.07 Å². The Morgan fingerprint density at radius 3 is 2.81 bits per heavy atom. The van der Waals surface area contributed by atoms with Crippen molar-refractivity contribution in [3.05, 3.63) is 64.1 Å². The smallest absolute Gasteiger partial charge is 0.250 e. The highest BCUT2D eigenvalue weighted by atomic mass is 16.1. The number of aliphatic imine (C=N–C) groups is 1. The Balaban J connectivity index is 1.58. The monoisotopic (exact) mass is 352 g/mol. The maximum atomic E-state index is 11.9. The zero-order valence-electron chi connectivity index (χ0n) is 15.7. The number of fused-ring (bicyclic) bond motifs is 1. The van der Waals surface area contributed by atoms with Gasteiger partial charge in [-0.3, -0.25) is 9.79 Å². The second-order valence-corrected chi connectivity index (χ2v) is 6.63. The highest BCUT2D eigenvalue weighted by Crippen LogP contribution is 2.27. The number of hydrogen-bond donors (Lipinski definition) is 1. The summed E-state index contributed by atoms with van der Waals surface area (Å²) < 4.78 is 1.84. The fraction of sp³-hybridized carbons (Fsp3) is 0.429. The number of nitrogens with zero attached hydrogens (tertiary/aromatic N) is 3. The maximum Gasteiger partial charge on any atom is 0.250 e. The molecule has 2 aromatic rings. The first kappa shape index (κ1) is 18.2. The van der Waals surface area contributed by atoms with Crippen LogP contribution in [0.1, 0.15) is 31.0 Å². The summed E-state index contributed by atoms with van der Waals surface area (Å²) in [6.07, 6.45) is 2.98. The number of hydrogen-bond acceptors (Lipinski definition) is 2. The highest BCUT2D eigenvalue weighted by molar-refractivity contribution is 5.97. The van der Waals surface area contributed by atoms with E-state index in [1.807, 2.05) is 23.6 Å². The zero-order valence-corrected chi connectivity index (χ0v) is 15.7. The predicted octanol–water partition coefficient (Wildman–Crippen LogP) is 2.97. The molecule has 2 heterocycles. The van der Waals surface area contributed by atoms with Gasteiger partial charge >= 0.3 is 0 Å². The third kappa shape index (κ3) is 4.15. The minimum absolute atomic E-state index is 0.0792. The van der Waals surface area contributed by atoms with Gasteiger partial charge in [-0.1, -0.05) is 24.3 Å². The SMILES string of the molecule is CCNC(=NCCCCn1c(C)cccc1=O)N1CCc2ccccc21. The van der Waals surface area contributed by atoms with Crippen LogP contribution in [0.25, 0.3) is 0 Å². The normalized spacial score (nSPS) is 13.8. The predicted molar refractivity (Wildman–Crippen MR) is 108 cm³/mol. The van der Waals surface area contributed by atoms with Crippen LogP contribution in [-0.4, -0.2) is 30.2 Å². The van der Waals surface area contributed by atoms with Gasteiger partial charge in [0.25, 0.3) is 5.56 Å². The zero-order chi connectivity index (χ0) is 18.4. The van der Waals surface area contributed by atoms with E-state index < -0.39 is 0 Å². The third-order valence-corrected chi connectivity index (χ3v) is 4.80. The van der Waals surface area contributed by atoms with Gasteiger partial charge < -0.3 is 14.8 Å². The molecule has 5 nitrogen and oxygen atoms in total. The molecule has 138 valence electrons. The Labute approximate surface area is 155 Å². The summed E-state index contributed by atoms with van der Waals surface area (Å²) in [5.74, 6) is 0.963. The molecular formula is C21H28N4O. The third-order valence-electron chi connectivity index (χ3n) is 4.80. The Hall–Kier alpha value is -2.56. The molecule has 0 bridgehead atoms. The van der Waals surface area contributed by atoms with Crippen molar-refractivity contribution < 1.29 is 0 Å². The number of unbranched alkanes of at least 4 members (excludes halogenated alkanes) is 1. The summed E-state index contributed by atoms with van der Waals surface area (Å²) in [5.41, 5.74) is 3.74. The first-order valence-corrected chi connectivity index (χ1v) is 9.51. The number of aryl methyl sites for hydroxylation is 1. The topological polar surface area (TPSA) is 49.6 Å². The van der Waals surface area contributed by atoms with Crippen LogP contribution in [0.15, 0.2) is 52.3 Å². The number of nitrogens with one attached hydrogen (secondary N) is 1. The van der Waals surface area contributed by atoms with Crippen LogP contribution in [0.4, 0.5) is 5.69 Å². The first-order valence-electron chi connectivity index (χ1n) is 9.51. The summed E-state index contributed by atoms with van der Waals surface area (Å²) in [5, 5.41) is 3.41. The van der Waals surface area contributed by atoms with Crippen LogP contribution in [0.5, 0.6) is 0 Å². The van der Waals surface area contributed by atoms with Gasteiger partial charge in [0, 0.05) is 43.6 Å². The lowest BCUT2D eigenvalue weighted by Crippen LogP contribution is -2.40. The molecule has 1 N–H and O–H groups in total. The van der Waals surface area contributed by atoms with Crippen molar-refractivity contribution >= 4 is 11.6 Å².